The number of phenols is 1. The first-order chi connectivity index (χ1) is 9.13. The molecule has 0 fully saturated rings. The highest BCUT2D eigenvalue weighted by Gasteiger charge is 2.17. The van der Waals surface area contributed by atoms with Gasteiger partial charge in [-0.1, -0.05) is 12.2 Å². The van der Waals surface area contributed by atoms with Gasteiger partial charge in [-0.25, -0.2) is 0 Å². The SMILES string of the molecule is COc1cc(CN[C@@H]2C=C[C@H](CO)C2)cc(Br)c1O. The molecule has 3 N–H and O–H groups in total. The van der Waals surface area contributed by atoms with Crippen molar-refractivity contribution in [3.63, 3.8) is 0 Å². The summed E-state index contributed by atoms with van der Waals surface area (Å²) in [5.41, 5.74) is 1.03. The fourth-order valence-corrected chi connectivity index (χ4v) is 2.68. The highest BCUT2D eigenvalue weighted by atomic mass is 79.9. The predicted molar refractivity (Wildman–Crippen MR) is 77.3 cm³/mol. The van der Waals surface area contributed by atoms with Crippen LogP contribution in [0.1, 0.15) is 12.0 Å². The smallest absolute Gasteiger partial charge is 0.172 e. The lowest BCUT2D eigenvalue weighted by Gasteiger charge is -2.14. The van der Waals surface area contributed by atoms with Gasteiger partial charge in [-0.3, -0.25) is 0 Å². The molecule has 0 amide bonds. The van der Waals surface area contributed by atoms with E-state index in [0.29, 0.717) is 16.8 Å². The number of phenolic OH excluding ortho intramolecular Hbond substituents is 1. The molecule has 2 atom stereocenters. The van der Waals surface area contributed by atoms with Gasteiger partial charge in [-0.05, 0) is 40.0 Å². The van der Waals surface area contributed by atoms with Crippen LogP contribution < -0.4 is 10.1 Å². The van der Waals surface area contributed by atoms with Crippen LogP contribution in [-0.2, 0) is 6.54 Å². The van der Waals surface area contributed by atoms with E-state index in [9.17, 15) is 5.11 Å². The number of rotatable bonds is 5. The van der Waals surface area contributed by atoms with E-state index in [1.165, 1.54) is 7.11 Å². The Morgan fingerprint density at radius 3 is 2.84 bits per heavy atom. The number of benzene rings is 1. The minimum Gasteiger partial charge on any atom is -0.503 e. The summed E-state index contributed by atoms with van der Waals surface area (Å²) >= 11 is 3.31. The third kappa shape index (κ3) is 3.49. The molecular weight excluding hydrogens is 310 g/mol. The van der Waals surface area contributed by atoms with E-state index in [1.54, 1.807) is 0 Å². The van der Waals surface area contributed by atoms with Crippen LogP contribution in [-0.4, -0.2) is 30.0 Å². The molecule has 2 rings (SSSR count). The lowest BCUT2D eigenvalue weighted by atomic mass is 10.1. The van der Waals surface area contributed by atoms with Crippen LogP contribution in [0.2, 0.25) is 0 Å². The Morgan fingerprint density at radius 1 is 1.42 bits per heavy atom. The van der Waals surface area contributed by atoms with Gasteiger partial charge in [0.25, 0.3) is 0 Å². The molecule has 0 saturated carbocycles. The number of halogens is 1. The number of hydrogen-bond acceptors (Lipinski definition) is 4. The van der Waals surface area contributed by atoms with Gasteiger partial charge in [0.05, 0.1) is 11.6 Å². The zero-order chi connectivity index (χ0) is 13.8. The van der Waals surface area contributed by atoms with E-state index in [-0.39, 0.29) is 24.3 Å². The van der Waals surface area contributed by atoms with Gasteiger partial charge in [0.2, 0.25) is 0 Å². The summed E-state index contributed by atoms with van der Waals surface area (Å²) in [6, 6.07) is 3.97. The average molecular weight is 328 g/mol. The first kappa shape index (κ1) is 14.4. The van der Waals surface area contributed by atoms with Crippen molar-refractivity contribution in [1.29, 1.82) is 0 Å². The molecule has 5 heteroatoms. The molecular formula is C14H18BrNO3. The predicted octanol–water partition coefficient (Wildman–Crippen LogP) is 2.19. The van der Waals surface area contributed by atoms with Crippen LogP contribution in [0, 0.1) is 5.92 Å². The highest BCUT2D eigenvalue weighted by Crippen LogP contribution is 2.35. The summed E-state index contributed by atoms with van der Waals surface area (Å²) in [6.07, 6.45) is 5.06. The Hall–Kier alpha value is -1.04. The lowest BCUT2D eigenvalue weighted by Crippen LogP contribution is -2.26. The summed E-state index contributed by atoms with van der Waals surface area (Å²) < 4.78 is 5.74. The maximum absolute atomic E-state index is 9.74. The molecule has 0 heterocycles. The van der Waals surface area contributed by atoms with Crippen molar-refractivity contribution in [2.75, 3.05) is 13.7 Å². The molecule has 4 nitrogen and oxygen atoms in total. The third-order valence-corrected chi connectivity index (χ3v) is 3.89. The minimum atomic E-state index is 0.118. The molecule has 104 valence electrons. The number of aliphatic hydroxyl groups is 1. The molecule has 19 heavy (non-hydrogen) atoms. The highest BCUT2D eigenvalue weighted by molar-refractivity contribution is 9.10. The van der Waals surface area contributed by atoms with Crippen LogP contribution in [0.3, 0.4) is 0 Å². The summed E-state index contributed by atoms with van der Waals surface area (Å²) in [4.78, 5) is 0. The van der Waals surface area contributed by atoms with Crippen molar-refractivity contribution in [3.8, 4) is 11.5 Å². The van der Waals surface area contributed by atoms with Gasteiger partial charge in [-0.15, -0.1) is 0 Å². The molecule has 0 spiro atoms. The van der Waals surface area contributed by atoms with Crippen molar-refractivity contribution in [3.05, 3.63) is 34.3 Å². The van der Waals surface area contributed by atoms with Gasteiger partial charge >= 0.3 is 0 Å². The normalized spacial score (nSPS) is 21.8. The minimum absolute atomic E-state index is 0.118. The first-order valence-electron chi connectivity index (χ1n) is 6.22. The van der Waals surface area contributed by atoms with Crippen LogP contribution in [0.25, 0.3) is 0 Å². The monoisotopic (exact) mass is 327 g/mol. The largest absolute Gasteiger partial charge is 0.503 e. The molecule has 0 saturated heterocycles. The van der Waals surface area contributed by atoms with Gasteiger partial charge in [-0.2, -0.15) is 0 Å². The Kier molecular flexibility index (Phi) is 4.85. The van der Waals surface area contributed by atoms with Crippen molar-refractivity contribution in [1.82, 2.24) is 5.32 Å². The maximum Gasteiger partial charge on any atom is 0.172 e. The fourth-order valence-electron chi connectivity index (χ4n) is 2.20. The average Bonchev–Trinajstić information content (AvgIpc) is 2.88. The topological polar surface area (TPSA) is 61.7 Å². The van der Waals surface area contributed by atoms with Crippen LogP contribution in [0.5, 0.6) is 11.5 Å². The molecule has 0 unspecified atom stereocenters. The summed E-state index contributed by atoms with van der Waals surface area (Å²) in [5.74, 6) is 0.840. The number of methoxy groups -OCH3 is 1. The van der Waals surface area contributed by atoms with Crippen LogP contribution in [0.4, 0.5) is 0 Å². The van der Waals surface area contributed by atoms with Gasteiger partial charge < -0.3 is 20.3 Å². The molecule has 1 aromatic rings. The second-order valence-electron chi connectivity index (χ2n) is 4.68. The number of aliphatic hydroxyl groups excluding tert-OH is 1. The van der Waals surface area contributed by atoms with Gasteiger partial charge in [0, 0.05) is 25.1 Å². The van der Waals surface area contributed by atoms with Crippen molar-refractivity contribution >= 4 is 15.9 Å². The molecule has 0 bridgehead atoms. The summed E-state index contributed by atoms with van der Waals surface area (Å²) in [7, 11) is 1.53. The fraction of sp³-hybridized carbons (Fsp3) is 0.429. The van der Waals surface area contributed by atoms with Crippen LogP contribution in [0.15, 0.2) is 28.8 Å². The van der Waals surface area contributed by atoms with E-state index < -0.39 is 0 Å². The van der Waals surface area contributed by atoms with Crippen molar-refractivity contribution < 1.29 is 14.9 Å². The van der Waals surface area contributed by atoms with Crippen molar-refractivity contribution in [2.24, 2.45) is 5.92 Å². The first-order valence-corrected chi connectivity index (χ1v) is 7.01. The molecule has 0 aromatic heterocycles. The summed E-state index contributed by atoms with van der Waals surface area (Å²) in [6.45, 7) is 0.885. The molecule has 1 aromatic carbocycles. The number of ether oxygens (including phenoxy) is 1. The molecule has 1 aliphatic rings. The lowest BCUT2D eigenvalue weighted by molar-refractivity contribution is 0.246. The zero-order valence-corrected chi connectivity index (χ0v) is 12.4. The molecule has 0 aliphatic heterocycles. The van der Waals surface area contributed by atoms with Gasteiger partial charge in [0.15, 0.2) is 11.5 Å². The van der Waals surface area contributed by atoms with Gasteiger partial charge in [0.1, 0.15) is 0 Å². The number of nitrogens with one attached hydrogen (secondary N) is 1. The molecule has 1 aliphatic carbocycles. The second-order valence-corrected chi connectivity index (χ2v) is 5.53. The standard InChI is InChI=1S/C14H18BrNO3/c1-19-13-6-10(5-12(15)14(13)18)7-16-11-3-2-9(4-11)8-17/h2-3,5-6,9,11,16-18H,4,7-8H2,1H3/t9-,11+/m0/s1. The van der Waals surface area contributed by atoms with Crippen molar-refractivity contribution in [2.45, 2.75) is 19.0 Å². The van der Waals surface area contributed by atoms with E-state index in [2.05, 4.69) is 27.3 Å². The third-order valence-electron chi connectivity index (χ3n) is 3.28. The Morgan fingerprint density at radius 2 is 2.21 bits per heavy atom. The Labute approximate surface area is 121 Å². The van der Waals surface area contributed by atoms with E-state index in [0.717, 1.165) is 12.0 Å². The Bertz CT molecular complexity index is 476. The quantitative estimate of drug-likeness (QED) is 0.725. The Balaban J connectivity index is 1.97. The van der Waals surface area contributed by atoms with Crippen LogP contribution >= 0.6 is 15.9 Å². The van der Waals surface area contributed by atoms with E-state index in [1.807, 2.05) is 18.2 Å². The van der Waals surface area contributed by atoms with E-state index in [4.69, 9.17) is 9.84 Å². The van der Waals surface area contributed by atoms with E-state index >= 15 is 0 Å². The zero-order valence-electron chi connectivity index (χ0n) is 10.8. The number of aromatic hydroxyl groups is 1. The number of hydrogen-bond donors (Lipinski definition) is 3. The summed E-state index contributed by atoms with van der Waals surface area (Å²) in [5, 5.41) is 22.2. The second kappa shape index (κ2) is 6.41. The maximum atomic E-state index is 9.74. The molecule has 0 radical (unpaired) electrons.